The summed E-state index contributed by atoms with van der Waals surface area (Å²) in [5.74, 6) is 2.88. The molecule has 0 amide bonds. The van der Waals surface area contributed by atoms with E-state index in [-0.39, 0.29) is 0 Å². The van der Waals surface area contributed by atoms with Crippen molar-refractivity contribution in [3.8, 4) is 0 Å². The largest absolute Gasteiger partial charge is 0.289 e. The molecule has 0 aliphatic carbocycles. The first-order chi connectivity index (χ1) is 11.3. The van der Waals surface area contributed by atoms with E-state index >= 15 is 0 Å². The Morgan fingerprint density at radius 3 is 2.87 bits per heavy atom. The maximum Gasteiger partial charge on any atom is 0.187 e. The lowest BCUT2D eigenvalue weighted by atomic mass is 10.2. The molecular formula is C16H24N6S. The molecule has 1 saturated heterocycles. The highest BCUT2D eigenvalue weighted by molar-refractivity contribution is 7.99. The maximum atomic E-state index is 4.50. The third kappa shape index (κ3) is 4.29. The number of aryl methyl sites for hydroxylation is 1. The lowest BCUT2D eigenvalue weighted by Gasteiger charge is -2.21. The normalized spacial score (nSPS) is 18.6. The van der Waals surface area contributed by atoms with Crippen molar-refractivity contribution in [2.24, 2.45) is 0 Å². The predicted molar refractivity (Wildman–Crippen MR) is 91.2 cm³/mol. The number of hydrogen-bond acceptors (Lipinski definition) is 6. The van der Waals surface area contributed by atoms with E-state index in [1.807, 2.05) is 19.3 Å². The van der Waals surface area contributed by atoms with Crippen LogP contribution in [0.1, 0.15) is 55.9 Å². The third-order valence-electron chi connectivity index (χ3n) is 4.07. The Morgan fingerprint density at radius 1 is 1.35 bits per heavy atom. The molecule has 0 saturated carbocycles. The Labute approximate surface area is 141 Å². The fraction of sp³-hybridized carbons (Fsp3) is 0.625. The van der Waals surface area contributed by atoms with Crippen LogP contribution in [0.2, 0.25) is 0 Å². The van der Waals surface area contributed by atoms with Crippen LogP contribution in [0.3, 0.4) is 0 Å². The summed E-state index contributed by atoms with van der Waals surface area (Å²) in [5, 5.41) is 8.16. The van der Waals surface area contributed by atoms with Gasteiger partial charge in [0.1, 0.15) is 5.82 Å². The molecule has 1 N–H and O–H groups in total. The summed E-state index contributed by atoms with van der Waals surface area (Å²) in [6.07, 6.45) is 8.64. The second kappa shape index (κ2) is 7.88. The number of hydrogen-bond donors (Lipinski definition) is 1. The van der Waals surface area contributed by atoms with Crippen LogP contribution >= 0.6 is 11.8 Å². The lowest BCUT2D eigenvalue weighted by molar-refractivity contribution is 0.239. The van der Waals surface area contributed by atoms with Crippen molar-refractivity contribution in [1.82, 2.24) is 30.0 Å². The minimum absolute atomic E-state index is 0.304. The Morgan fingerprint density at radius 2 is 2.17 bits per heavy atom. The molecule has 0 bridgehead atoms. The summed E-state index contributed by atoms with van der Waals surface area (Å²) in [7, 11) is 0. The van der Waals surface area contributed by atoms with E-state index in [0.29, 0.717) is 6.04 Å². The standard InChI is InChI=1S/C16H24N6S/c1-3-4-8-23-16-17-9-13(10-18-16)11-22-7-5-6-14(22)15-19-12(2)20-21-15/h9-10,14H,3-8,11H2,1-2H3,(H,19,20,21). The highest BCUT2D eigenvalue weighted by atomic mass is 32.2. The molecule has 124 valence electrons. The molecule has 1 unspecified atom stereocenters. The molecule has 3 heterocycles. The zero-order valence-corrected chi connectivity index (χ0v) is 14.6. The summed E-state index contributed by atoms with van der Waals surface area (Å²) in [6, 6.07) is 0.304. The van der Waals surface area contributed by atoms with Crippen molar-refractivity contribution >= 4 is 11.8 Å². The van der Waals surface area contributed by atoms with E-state index < -0.39 is 0 Å². The molecule has 3 rings (SSSR count). The molecule has 1 atom stereocenters. The monoisotopic (exact) mass is 332 g/mol. The van der Waals surface area contributed by atoms with Gasteiger partial charge in [-0.15, -0.1) is 0 Å². The number of unbranched alkanes of at least 4 members (excludes halogenated alkanes) is 1. The second-order valence-electron chi connectivity index (χ2n) is 5.98. The lowest BCUT2D eigenvalue weighted by Crippen LogP contribution is -2.23. The molecular weight excluding hydrogens is 308 g/mol. The van der Waals surface area contributed by atoms with Gasteiger partial charge in [-0.05, 0) is 32.7 Å². The fourth-order valence-corrected chi connectivity index (χ4v) is 3.73. The maximum absolute atomic E-state index is 4.50. The van der Waals surface area contributed by atoms with Gasteiger partial charge in [0.05, 0.1) is 6.04 Å². The number of nitrogens with one attached hydrogen (secondary N) is 1. The topological polar surface area (TPSA) is 70.6 Å². The summed E-state index contributed by atoms with van der Waals surface area (Å²) < 4.78 is 0. The molecule has 1 aliphatic rings. The quantitative estimate of drug-likeness (QED) is 0.477. The predicted octanol–water partition coefficient (Wildman–Crippen LogP) is 3.13. The number of rotatable bonds is 7. The van der Waals surface area contributed by atoms with E-state index in [0.717, 1.165) is 47.6 Å². The van der Waals surface area contributed by atoms with Gasteiger partial charge in [-0.25, -0.2) is 15.0 Å². The van der Waals surface area contributed by atoms with E-state index in [2.05, 4.69) is 37.0 Å². The van der Waals surface area contributed by atoms with Crippen LogP contribution in [0, 0.1) is 6.92 Å². The van der Waals surface area contributed by atoms with Crippen molar-refractivity contribution in [3.05, 3.63) is 29.6 Å². The first-order valence-electron chi connectivity index (χ1n) is 8.33. The van der Waals surface area contributed by atoms with Crippen LogP contribution in [0.15, 0.2) is 17.6 Å². The molecule has 2 aromatic heterocycles. The Kier molecular flexibility index (Phi) is 5.61. The number of likely N-dealkylation sites (tertiary alicyclic amines) is 1. The number of H-pyrrole nitrogens is 1. The van der Waals surface area contributed by atoms with Crippen LogP contribution in [0.5, 0.6) is 0 Å². The van der Waals surface area contributed by atoms with Gasteiger partial charge in [0.2, 0.25) is 0 Å². The molecule has 23 heavy (non-hydrogen) atoms. The molecule has 1 fully saturated rings. The SMILES string of the molecule is CCCCSc1ncc(CN2CCCC2c2n[nH]c(C)n2)cn1. The van der Waals surface area contributed by atoms with Crippen molar-refractivity contribution in [2.45, 2.75) is 57.3 Å². The van der Waals surface area contributed by atoms with Crippen molar-refractivity contribution in [2.75, 3.05) is 12.3 Å². The van der Waals surface area contributed by atoms with E-state index in [1.54, 1.807) is 11.8 Å². The zero-order valence-electron chi connectivity index (χ0n) is 13.8. The minimum atomic E-state index is 0.304. The molecule has 6 nitrogen and oxygen atoms in total. The average molecular weight is 332 g/mol. The summed E-state index contributed by atoms with van der Waals surface area (Å²) in [6.45, 7) is 6.08. The van der Waals surface area contributed by atoms with E-state index in [9.17, 15) is 0 Å². The Hall–Kier alpha value is -1.47. The van der Waals surface area contributed by atoms with Crippen LogP contribution < -0.4 is 0 Å². The van der Waals surface area contributed by atoms with Crippen molar-refractivity contribution in [1.29, 1.82) is 0 Å². The van der Waals surface area contributed by atoms with Gasteiger partial charge < -0.3 is 0 Å². The number of aromatic amines is 1. The van der Waals surface area contributed by atoms with Gasteiger partial charge in [-0.2, -0.15) is 5.10 Å². The van der Waals surface area contributed by atoms with Gasteiger partial charge in [-0.3, -0.25) is 10.00 Å². The molecule has 0 radical (unpaired) electrons. The minimum Gasteiger partial charge on any atom is -0.289 e. The Balaban J connectivity index is 1.59. The number of thioether (sulfide) groups is 1. The first kappa shape index (κ1) is 16.4. The van der Waals surface area contributed by atoms with Gasteiger partial charge in [-0.1, -0.05) is 25.1 Å². The first-order valence-corrected chi connectivity index (χ1v) is 9.31. The molecule has 1 aliphatic heterocycles. The smallest absolute Gasteiger partial charge is 0.187 e. The van der Waals surface area contributed by atoms with E-state index in [4.69, 9.17) is 0 Å². The summed E-state index contributed by atoms with van der Waals surface area (Å²) >= 11 is 1.74. The third-order valence-corrected chi connectivity index (χ3v) is 5.03. The van der Waals surface area contributed by atoms with Crippen molar-refractivity contribution in [3.63, 3.8) is 0 Å². The van der Waals surface area contributed by atoms with Crippen LogP contribution in [0.25, 0.3) is 0 Å². The Bertz CT molecular complexity index is 611. The van der Waals surface area contributed by atoms with Crippen molar-refractivity contribution < 1.29 is 0 Å². The molecule has 0 spiro atoms. The van der Waals surface area contributed by atoms with Gasteiger partial charge in [0.15, 0.2) is 11.0 Å². The van der Waals surface area contributed by atoms with Gasteiger partial charge in [0, 0.05) is 30.3 Å². The highest BCUT2D eigenvalue weighted by Gasteiger charge is 2.29. The highest BCUT2D eigenvalue weighted by Crippen LogP contribution is 2.31. The fourth-order valence-electron chi connectivity index (χ4n) is 2.86. The summed E-state index contributed by atoms with van der Waals surface area (Å²) in [5.41, 5.74) is 1.16. The average Bonchev–Trinajstić information content (AvgIpc) is 3.18. The molecule has 7 heteroatoms. The molecule has 2 aromatic rings. The van der Waals surface area contributed by atoms with Gasteiger partial charge >= 0.3 is 0 Å². The van der Waals surface area contributed by atoms with Gasteiger partial charge in [0.25, 0.3) is 0 Å². The number of aromatic nitrogens is 5. The van der Waals surface area contributed by atoms with Crippen LogP contribution in [-0.2, 0) is 6.54 Å². The number of nitrogens with zero attached hydrogens (tertiary/aromatic N) is 5. The summed E-state index contributed by atoms with van der Waals surface area (Å²) in [4.78, 5) is 15.9. The van der Waals surface area contributed by atoms with E-state index in [1.165, 1.54) is 19.3 Å². The zero-order chi connectivity index (χ0) is 16.1. The second-order valence-corrected chi connectivity index (χ2v) is 7.05. The van der Waals surface area contributed by atoms with Crippen LogP contribution in [0.4, 0.5) is 0 Å². The molecule has 0 aromatic carbocycles. The van der Waals surface area contributed by atoms with Crippen LogP contribution in [-0.4, -0.2) is 42.3 Å².